The third-order valence-corrected chi connectivity index (χ3v) is 8.88. The molecule has 1 heterocycles. The molecule has 22 heavy (non-hydrogen) atoms. The van der Waals surface area contributed by atoms with Crippen LogP contribution in [0.25, 0.3) is 0 Å². The van der Waals surface area contributed by atoms with Crippen molar-refractivity contribution in [3.8, 4) is 0 Å². The van der Waals surface area contributed by atoms with Gasteiger partial charge in [0.05, 0.1) is 18.8 Å². The minimum absolute atomic E-state index is 0.00485. The summed E-state index contributed by atoms with van der Waals surface area (Å²) in [5, 5.41) is 2.95. The van der Waals surface area contributed by atoms with Gasteiger partial charge in [0.25, 0.3) is 0 Å². The number of hydrogen-bond donors (Lipinski definition) is 1. The first kappa shape index (κ1) is 18.8. The molecule has 1 aliphatic rings. The zero-order valence-electron chi connectivity index (χ0n) is 14.1. The summed E-state index contributed by atoms with van der Waals surface area (Å²) in [7, 11) is -0.854. The van der Waals surface area contributed by atoms with Gasteiger partial charge in [0.2, 0.25) is 0 Å². The van der Waals surface area contributed by atoms with Gasteiger partial charge in [0.1, 0.15) is 18.4 Å². The SMILES string of the molecule is COC(=O)CC(=O)C1NCC(O[Si](C)(C)C(C)(C)C)C1=C=O. The van der Waals surface area contributed by atoms with Gasteiger partial charge in [-0.25, -0.2) is 4.79 Å². The zero-order chi connectivity index (χ0) is 17.1. The summed E-state index contributed by atoms with van der Waals surface area (Å²) in [4.78, 5) is 34.6. The van der Waals surface area contributed by atoms with Crippen molar-refractivity contribution in [1.82, 2.24) is 5.32 Å². The van der Waals surface area contributed by atoms with Crippen LogP contribution in [0.5, 0.6) is 0 Å². The molecule has 0 aromatic heterocycles. The van der Waals surface area contributed by atoms with E-state index in [2.05, 4.69) is 43.9 Å². The second-order valence-electron chi connectivity index (χ2n) is 6.98. The molecule has 2 unspecified atom stereocenters. The molecule has 0 aromatic rings. The van der Waals surface area contributed by atoms with E-state index in [4.69, 9.17) is 4.43 Å². The summed E-state index contributed by atoms with van der Waals surface area (Å²) >= 11 is 0. The van der Waals surface area contributed by atoms with Crippen LogP contribution < -0.4 is 5.32 Å². The average Bonchev–Trinajstić information content (AvgIpc) is 2.79. The summed E-state index contributed by atoms with van der Waals surface area (Å²) in [5.74, 6) is 0.822. The quantitative estimate of drug-likeness (QED) is 0.354. The van der Waals surface area contributed by atoms with Crippen LogP contribution in [0.3, 0.4) is 0 Å². The predicted molar refractivity (Wildman–Crippen MR) is 84.7 cm³/mol. The van der Waals surface area contributed by atoms with E-state index >= 15 is 0 Å². The molecule has 6 nitrogen and oxygen atoms in total. The van der Waals surface area contributed by atoms with Crippen molar-refractivity contribution in [2.45, 2.75) is 57.5 Å². The Morgan fingerprint density at radius 2 is 1.95 bits per heavy atom. The highest BCUT2D eigenvalue weighted by atomic mass is 28.4. The van der Waals surface area contributed by atoms with Crippen molar-refractivity contribution in [3.63, 3.8) is 0 Å². The fraction of sp³-hybridized carbons (Fsp3) is 0.733. The predicted octanol–water partition coefficient (Wildman–Crippen LogP) is 1.24. The summed E-state index contributed by atoms with van der Waals surface area (Å²) in [5.41, 5.74) is 0.249. The third kappa shape index (κ3) is 4.13. The number of rotatable bonds is 5. The number of Topliss-reactive ketones (excluding diaryl/α,β-unsaturated/α-hetero) is 1. The standard InChI is InChI=1S/C15H25NO5Si/c1-15(2,3)22(5,6)21-12-8-16-14(10(12)9-17)11(18)7-13(19)20-4/h12,14,16H,7-8H2,1-6H3. The molecule has 7 heteroatoms. The van der Waals surface area contributed by atoms with Crippen molar-refractivity contribution in [3.05, 3.63) is 5.57 Å². The Morgan fingerprint density at radius 1 is 1.36 bits per heavy atom. The van der Waals surface area contributed by atoms with E-state index in [-0.39, 0.29) is 17.0 Å². The topological polar surface area (TPSA) is 81.7 Å². The van der Waals surface area contributed by atoms with Crippen LogP contribution in [-0.4, -0.2) is 51.8 Å². The Balaban J connectivity index is 2.85. The summed E-state index contributed by atoms with van der Waals surface area (Å²) in [6, 6.07) is -0.814. The van der Waals surface area contributed by atoms with E-state index in [0.717, 1.165) is 0 Å². The lowest BCUT2D eigenvalue weighted by Gasteiger charge is -2.38. The fourth-order valence-corrected chi connectivity index (χ4v) is 3.27. The average molecular weight is 327 g/mol. The minimum Gasteiger partial charge on any atom is -0.469 e. The number of hydrogen-bond acceptors (Lipinski definition) is 6. The van der Waals surface area contributed by atoms with Crippen molar-refractivity contribution in [2.24, 2.45) is 0 Å². The molecule has 0 bridgehead atoms. The smallest absolute Gasteiger partial charge is 0.313 e. The number of carbonyl (C=O) groups is 2. The molecule has 0 radical (unpaired) electrons. The van der Waals surface area contributed by atoms with Crippen molar-refractivity contribution < 1.29 is 23.5 Å². The summed E-state index contributed by atoms with van der Waals surface area (Å²) in [6.45, 7) is 10.8. The van der Waals surface area contributed by atoms with Gasteiger partial charge in [-0.05, 0) is 18.1 Å². The summed E-state index contributed by atoms with van der Waals surface area (Å²) < 4.78 is 10.7. The molecule has 0 aromatic carbocycles. The summed E-state index contributed by atoms with van der Waals surface area (Å²) in [6.07, 6.45) is -0.836. The van der Waals surface area contributed by atoms with Gasteiger partial charge in [-0.2, -0.15) is 0 Å². The molecule has 1 fully saturated rings. The van der Waals surface area contributed by atoms with E-state index in [0.29, 0.717) is 6.54 Å². The van der Waals surface area contributed by atoms with Gasteiger partial charge >= 0.3 is 5.97 Å². The van der Waals surface area contributed by atoms with Gasteiger partial charge in [-0.1, -0.05) is 20.8 Å². The van der Waals surface area contributed by atoms with Crippen LogP contribution in [0.4, 0.5) is 0 Å². The second kappa shape index (κ2) is 6.87. The number of ether oxygens (including phenoxy) is 1. The second-order valence-corrected chi connectivity index (χ2v) is 11.7. The highest BCUT2D eigenvalue weighted by Crippen LogP contribution is 2.38. The Morgan fingerprint density at radius 3 is 2.41 bits per heavy atom. The normalized spacial score (nSPS) is 22.4. The molecule has 1 rings (SSSR count). The van der Waals surface area contributed by atoms with E-state index in [1.54, 1.807) is 0 Å². The van der Waals surface area contributed by atoms with Crippen LogP contribution in [0, 0.1) is 0 Å². The number of esters is 1. The number of methoxy groups -OCH3 is 1. The van der Waals surface area contributed by atoms with Gasteiger partial charge in [0, 0.05) is 6.54 Å². The monoisotopic (exact) mass is 327 g/mol. The van der Waals surface area contributed by atoms with Crippen LogP contribution in [-0.2, 0) is 23.5 Å². The van der Waals surface area contributed by atoms with Gasteiger partial charge in [-0.15, -0.1) is 0 Å². The lowest BCUT2D eigenvalue weighted by atomic mass is 10.0. The number of carbonyl (C=O) groups excluding carboxylic acids is 3. The Hall–Kier alpha value is -1.27. The maximum absolute atomic E-state index is 12.1. The van der Waals surface area contributed by atoms with Crippen molar-refractivity contribution in [2.75, 3.05) is 13.7 Å². The molecule has 124 valence electrons. The van der Waals surface area contributed by atoms with Crippen molar-refractivity contribution >= 4 is 26.0 Å². The number of nitrogens with one attached hydrogen (secondary N) is 1. The van der Waals surface area contributed by atoms with Crippen LogP contribution in [0.15, 0.2) is 5.57 Å². The first-order valence-corrected chi connectivity index (χ1v) is 10.2. The molecule has 0 spiro atoms. The van der Waals surface area contributed by atoms with Crippen molar-refractivity contribution in [1.29, 1.82) is 0 Å². The molecule has 2 atom stereocenters. The minimum atomic E-state index is -2.07. The van der Waals surface area contributed by atoms with E-state index in [1.165, 1.54) is 7.11 Å². The maximum Gasteiger partial charge on any atom is 0.313 e. The van der Waals surface area contributed by atoms with E-state index < -0.39 is 32.2 Å². The maximum atomic E-state index is 12.1. The first-order chi connectivity index (χ1) is 10.0. The van der Waals surface area contributed by atoms with Gasteiger partial charge in [-0.3, -0.25) is 9.59 Å². The Bertz CT molecular complexity index is 503. The van der Waals surface area contributed by atoms with Gasteiger partial charge in [0.15, 0.2) is 14.1 Å². The van der Waals surface area contributed by atoms with Crippen LogP contribution in [0.2, 0.25) is 18.1 Å². The Labute approximate surface area is 132 Å². The highest BCUT2D eigenvalue weighted by Gasteiger charge is 2.44. The van der Waals surface area contributed by atoms with Crippen LogP contribution in [0.1, 0.15) is 27.2 Å². The van der Waals surface area contributed by atoms with Gasteiger partial charge < -0.3 is 14.5 Å². The Kier molecular flexibility index (Phi) is 5.87. The molecular formula is C15H25NO5Si. The largest absolute Gasteiger partial charge is 0.469 e. The molecule has 1 N–H and O–H groups in total. The molecule has 1 saturated heterocycles. The first-order valence-electron chi connectivity index (χ1n) is 7.29. The fourth-order valence-electron chi connectivity index (χ4n) is 2.00. The van der Waals surface area contributed by atoms with E-state index in [9.17, 15) is 14.4 Å². The molecule has 0 aliphatic carbocycles. The molecule has 1 aliphatic heterocycles. The molecule has 0 saturated carbocycles. The zero-order valence-corrected chi connectivity index (χ0v) is 15.1. The highest BCUT2D eigenvalue weighted by molar-refractivity contribution is 6.74. The number of ketones is 1. The third-order valence-electron chi connectivity index (χ3n) is 4.39. The molecular weight excluding hydrogens is 302 g/mol. The lowest BCUT2D eigenvalue weighted by molar-refractivity contribution is -0.143. The lowest BCUT2D eigenvalue weighted by Crippen LogP contribution is -2.45. The molecule has 0 amide bonds. The van der Waals surface area contributed by atoms with E-state index in [1.807, 2.05) is 5.94 Å². The van der Waals surface area contributed by atoms with Crippen LogP contribution >= 0.6 is 0 Å².